The van der Waals surface area contributed by atoms with Gasteiger partial charge in [0.15, 0.2) is 0 Å². The smallest absolute Gasteiger partial charge is 0.0231 e. The molecule has 1 saturated carbocycles. The van der Waals surface area contributed by atoms with E-state index < -0.39 is 0 Å². The van der Waals surface area contributed by atoms with Gasteiger partial charge in [-0.3, -0.25) is 0 Å². The van der Waals surface area contributed by atoms with Gasteiger partial charge < -0.3 is 0 Å². The van der Waals surface area contributed by atoms with E-state index in [0.717, 1.165) is 5.92 Å². The van der Waals surface area contributed by atoms with E-state index in [0.29, 0.717) is 0 Å². The van der Waals surface area contributed by atoms with Gasteiger partial charge in [-0.05, 0) is 25.2 Å². The molecule has 1 radical (unpaired) electrons. The first kappa shape index (κ1) is 3.91. The summed E-state index contributed by atoms with van der Waals surface area (Å²) in [4.78, 5) is 0. The molecule has 1 rings (SSSR count). The van der Waals surface area contributed by atoms with Gasteiger partial charge in [-0.25, -0.2) is 0 Å². The van der Waals surface area contributed by atoms with E-state index in [2.05, 4.69) is 13.0 Å². The first-order chi connectivity index (χ1) is 2.93. The third-order valence-electron chi connectivity index (χ3n) is 1.27. The topological polar surface area (TPSA) is 0 Å². The van der Waals surface area contributed by atoms with E-state index in [1.54, 1.807) is 0 Å². The minimum atomic E-state index is 0.824. The SMILES string of the molecule is C=CC1C[CH]C1. The molecule has 0 atom stereocenters. The van der Waals surface area contributed by atoms with E-state index in [4.69, 9.17) is 0 Å². The second kappa shape index (κ2) is 1.46. The lowest BCUT2D eigenvalue weighted by molar-refractivity contribution is 0.505. The molecule has 0 spiro atoms. The molecule has 0 N–H and O–H groups in total. The Kier molecular flexibility index (Phi) is 0.952. The minimum absolute atomic E-state index is 0.824. The summed E-state index contributed by atoms with van der Waals surface area (Å²) in [7, 11) is 0. The highest BCUT2D eigenvalue weighted by molar-refractivity contribution is 4.95. The fourth-order valence-electron chi connectivity index (χ4n) is 0.552. The fourth-order valence-corrected chi connectivity index (χ4v) is 0.552. The Hall–Kier alpha value is -0.260. The Labute approximate surface area is 38.9 Å². The van der Waals surface area contributed by atoms with Gasteiger partial charge in [0.05, 0.1) is 0 Å². The van der Waals surface area contributed by atoms with Gasteiger partial charge in [-0.2, -0.15) is 0 Å². The third-order valence-corrected chi connectivity index (χ3v) is 1.27. The largest absolute Gasteiger partial charge is 0.103 e. The van der Waals surface area contributed by atoms with Crippen LogP contribution < -0.4 is 0 Å². The van der Waals surface area contributed by atoms with Crippen LogP contribution in [0.5, 0.6) is 0 Å². The maximum Gasteiger partial charge on any atom is -0.0231 e. The number of hydrogen-bond donors (Lipinski definition) is 0. The summed E-state index contributed by atoms with van der Waals surface area (Å²) in [6.45, 7) is 3.66. The molecule has 0 amide bonds. The van der Waals surface area contributed by atoms with Crippen molar-refractivity contribution in [2.75, 3.05) is 0 Å². The van der Waals surface area contributed by atoms with E-state index in [-0.39, 0.29) is 0 Å². The predicted molar refractivity (Wildman–Crippen MR) is 27.2 cm³/mol. The molecule has 1 fully saturated rings. The Morgan fingerprint density at radius 2 is 2.33 bits per heavy atom. The lowest BCUT2D eigenvalue weighted by Crippen LogP contribution is -2.06. The number of hydrogen-bond acceptors (Lipinski definition) is 0. The monoisotopic (exact) mass is 81.1 g/mol. The molecule has 0 aromatic heterocycles. The van der Waals surface area contributed by atoms with Gasteiger partial charge in [0.2, 0.25) is 0 Å². The van der Waals surface area contributed by atoms with Crippen molar-refractivity contribution in [1.29, 1.82) is 0 Å². The highest BCUT2D eigenvalue weighted by atomic mass is 14.2. The maximum atomic E-state index is 3.66. The van der Waals surface area contributed by atoms with Gasteiger partial charge >= 0.3 is 0 Å². The van der Waals surface area contributed by atoms with Gasteiger partial charge in [0, 0.05) is 0 Å². The molecule has 0 nitrogen and oxygen atoms in total. The molecule has 0 bridgehead atoms. The zero-order chi connectivity index (χ0) is 4.41. The summed E-state index contributed by atoms with van der Waals surface area (Å²) in [5.74, 6) is 0.824. The summed E-state index contributed by atoms with van der Waals surface area (Å²) in [6.07, 6.45) is 6.85. The van der Waals surface area contributed by atoms with Gasteiger partial charge in [0.1, 0.15) is 0 Å². The molecular formula is C6H9. The Bertz CT molecular complexity index is 51.1. The first-order valence-corrected chi connectivity index (χ1v) is 2.37. The summed E-state index contributed by atoms with van der Waals surface area (Å²) in [5.41, 5.74) is 0. The average molecular weight is 81.1 g/mol. The van der Waals surface area contributed by atoms with Crippen LogP contribution in [0.25, 0.3) is 0 Å². The molecule has 33 valence electrons. The molecule has 0 saturated heterocycles. The molecule has 1 aliphatic carbocycles. The van der Waals surface area contributed by atoms with Crippen molar-refractivity contribution in [1.82, 2.24) is 0 Å². The molecule has 1 aliphatic rings. The molecular weight excluding hydrogens is 72.1 g/mol. The first-order valence-electron chi connectivity index (χ1n) is 2.37. The molecule has 0 aromatic carbocycles. The van der Waals surface area contributed by atoms with Crippen molar-refractivity contribution in [3.8, 4) is 0 Å². The maximum absolute atomic E-state index is 3.66. The normalized spacial score (nSPS) is 22.7. The Morgan fingerprint density at radius 1 is 1.67 bits per heavy atom. The summed E-state index contributed by atoms with van der Waals surface area (Å²) >= 11 is 0. The molecule has 6 heavy (non-hydrogen) atoms. The van der Waals surface area contributed by atoms with Crippen LogP contribution in [0.3, 0.4) is 0 Å². The lowest BCUT2D eigenvalue weighted by Gasteiger charge is -2.19. The van der Waals surface area contributed by atoms with Crippen LogP contribution in [0.4, 0.5) is 0 Å². The van der Waals surface area contributed by atoms with E-state index in [1.807, 2.05) is 6.08 Å². The highest BCUT2D eigenvalue weighted by Gasteiger charge is 2.12. The van der Waals surface area contributed by atoms with Gasteiger partial charge in [-0.15, -0.1) is 6.58 Å². The van der Waals surface area contributed by atoms with Crippen LogP contribution in [0, 0.1) is 12.3 Å². The van der Waals surface area contributed by atoms with Crippen LogP contribution in [0.15, 0.2) is 12.7 Å². The van der Waals surface area contributed by atoms with Crippen molar-refractivity contribution < 1.29 is 0 Å². The Balaban J connectivity index is 2.16. The van der Waals surface area contributed by atoms with E-state index in [1.165, 1.54) is 12.8 Å². The fraction of sp³-hybridized carbons (Fsp3) is 0.500. The number of allylic oxidation sites excluding steroid dienone is 1. The predicted octanol–water partition coefficient (Wildman–Crippen LogP) is 1.79. The number of rotatable bonds is 1. The average Bonchev–Trinajstić information content (AvgIpc) is 1.31. The Morgan fingerprint density at radius 3 is 2.33 bits per heavy atom. The zero-order valence-electron chi connectivity index (χ0n) is 3.85. The van der Waals surface area contributed by atoms with Crippen LogP contribution in [-0.2, 0) is 0 Å². The standard InChI is InChI=1S/C6H9/c1-2-6-4-3-5-6/h2-3,6H,1,4-5H2. The molecule has 0 heteroatoms. The quantitative estimate of drug-likeness (QED) is 0.422. The second-order valence-electron chi connectivity index (χ2n) is 1.76. The van der Waals surface area contributed by atoms with Crippen molar-refractivity contribution in [2.45, 2.75) is 12.8 Å². The van der Waals surface area contributed by atoms with Gasteiger partial charge in [0.25, 0.3) is 0 Å². The van der Waals surface area contributed by atoms with E-state index in [9.17, 15) is 0 Å². The third kappa shape index (κ3) is 0.469. The molecule has 0 aliphatic heterocycles. The van der Waals surface area contributed by atoms with Crippen molar-refractivity contribution in [2.24, 2.45) is 5.92 Å². The summed E-state index contributed by atoms with van der Waals surface area (Å²) in [5, 5.41) is 0. The lowest BCUT2D eigenvalue weighted by atomic mass is 9.86. The van der Waals surface area contributed by atoms with Crippen molar-refractivity contribution in [3.63, 3.8) is 0 Å². The van der Waals surface area contributed by atoms with Gasteiger partial charge in [-0.1, -0.05) is 6.08 Å². The highest BCUT2D eigenvalue weighted by Crippen LogP contribution is 2.25. The molecule has 0 unspecified atom stereocenters. The minimum Gasteiger partial charge on any atom is -0.103 e. The summed E-state index contributed by atoms with van der Waals surface area (Å²) < 4.78 is 0. The van der Waals surface area contributed by atoms with Crippen LogP contribution in [0.2, 0.25) is 0 Å². The van der Waals surface area contributed by atoms with E-state index >= 15 is 0 Å². The van der Waals surface area contributed by atoms with Crippen LogP contribution in [0.1, 0.15) is 12.8 Å². The van der Waals surface area contributed by atoms with Crippen LogP contribution >= 0.6 is 0 Å². The van der Waals surface area contributed by atoms with Crippen molar-refractivity contribution >= 4 is 0 Å². The second-order valence-corrected chi connectivity index (χ2v) is 1.76. The summed E-state index contributed by atoms with van der Waals surface area (Å²) in [6, 6.07) is 0. The molecule has 0 heterocycles. The zero-order valence-corrected chi connectivity index (χ0v) is 3.85. The molecule has 0 aromatic rings. The van der Waals surface area contributed by atoms with Crippen LogP contribution in [-0.4, -0.2) is 0 Å². The van der Waals surface area contributed by atoms with Crippen molar-refractivity contribution in [3.05, 3.63) is 19.1 Å².